The molecule has 1 amide bonds. The zero-order chi connectivity index (χ0) is 18.7. The second kappa shape index (κ2) is 5.26. The largest absolute Gasteiger partial charge is 0.508 e. The number of pyridine rings is 1. The van der Waals surface area contributed by atoms with Gasteiger partial charge in [0.25, 0.3) is 5.91 Å². The summed E-state index contributed by atoms with van der Waals surface area (Å²) >= 11 is 0. The van der Waals surface area contributed by atoms with Gasteiger partial charge in [-0.1, -0.05) is 6.07 Å². The van der Waals surface area contributed by atoms with Crippen molar-refractivity contribution in [3.8, 4) is 11.4 Å². The fourth-order valence-electron chi connectivity index (χ4n) is 3.55. The Hall–Kier alpha value is -3.48. The normalized spacial score (nSPS) is 11.5. The number of aromatic nitrogens is 3. The third kappa shape index (κ3) is 2.00. The minimum absolute atomic E-state index is 0.147. The maximum absolute atomic E-state index is 12.1. The Kier molecular flexibility index (Phi) is 3.24. The monoisotopic (exact) mass is 349 g/mol. The smallest absolute Gasteiger partial charge is 0.253 e. The highest BCUT2D eigenvalue weighted by Gasteiger charge is 2.24. The van der Waals surface area contributed by atoms with Crippen LogP contribution in [0.1, 0.15) is 21.5 Å². The third-order valence-corrected chi connectivity index (χ3v) is 4.90. The van der Waals surface area contributed by atoms with Crippen LogP contribution in [0.2, 0.25) is 0 Å². The molecule has 4 rings (SSSR count). The first-order chi connectivity index (χ1) is 12.3. The number of phenols is 1. The number of fused-ring (bicyclic) bond motifs is 2. The number of aromatic hydroxyl groups is 1. The molecule has 0 fully saturated rings. The first kappa shape index (κ1) is 16.0. The van der Waals surface area contributed by atoms with Gasteiger partial charge in [-0.05, 0) is 37.6 Å². The van der Waals surface area contributed by atoms with Crippen LogP contribution < -0.4 is 11.5 Å². The fraction of sp³-hybridized carbons (Fsp3) is 0.158. The van der Waals surface area contributed by atoms with Gasteiger partial charge < -0.3 is 21.1 Å². The number of nitrogens with two attached hydrogens (primary N) is 2. The Morgan fingerprint density at radius 2 is 1.96 bits per heavy atom. The summed E-state index contributed by atoms with van der Waals surface area (Å²) in [5, 5.41) is 10.8. The van der Waals surface area contributed by atoms with E-state index in [2.05, 4.69) is 0 Å². The van der Waals surface area contributed by atoms with Crippen molar-refractivity contribution < 1.29 is 9.90 Å². The standard InChI is InChI=1S/C19H19N5O2/c1-9-4-5-14(25)10(2)16(9)24-17(20)15(18(21)26)11-8-13-12(22-19(11)24)6-7-23(13)3/h4-8,25H,20H2,1-3H3,(H2,21,26). The number of hydrogen-bond donors (Lipinski definition) is 3. The summed E-state index contributed by atoms with van der Waals surface area (Å²) in [5.74, 6) is -0.252. The van der Waals surface area contributed by atoms with Gasteiger partial charge in [-0.2, -0.15) is 0 Å². The number of hydrogen-bond acceptors (Lipinski definition) is 4. The van der Waals surface area contributed by atoms with Gasteiger partial charge >= 0.3 is 0 Å². The summed E-state index contributed by atoms with van der Waals surface area (Å²) in [6.07, 6.45) is 1.90. The average Bonchev–Trinajstić information content (AvgIpc) is 3.08. The van der Waals surface area contributed by atoms with Gasteiger partial charge in [0.2, 0.25) is 0 Å². The SMILES string of the molecule is Cc1ccc(O)c(C)c1-n1c(N)c(C(N)=O)c2cc3c(ccn3C)nc21. The number of amides is 1. The second-order valence-electron chi connectivity index (χ2n) is 6.53. The van der Waals surface area contributed by atoms with E-state index in [1.165, 1.54) is 0 Å². The van der Waals surface area contributed by atoms with Crippen LogP contribution in [0, 0.1) is 13.8 Å². The Morgan fingerprint density at radius 3 is 2.65 bits per heavy atom. The maximum Gasteiger partial charge on any atom is 0.253 e. The molecule has 3 heterocycles. The molecule has 0 bridgehead atoms. The molecule has 26 heavy (non-hydrogen) atoms. The summed E-state index contributed by atoms with van der Waals surface area (Å²) in [6, 6.07) is 7.20. The highest BCUT2D eigenvalue weighted by molar-refractivity contribution is 6.12. The lowest BCUT2D eigenvalue weighted by molar-refractivity contribution is 0.100. The molecule has 0 saturated carbocycles. The van der Waals surface area contributed by atoms with Gasteiger partial charge in [0.1, 0.15) is 17.2 Å². The van der Waals surface area contributed by atoms with Crippen molar-refractivity contribution in [2.75, 3.05) is 5.73 Å². The van der Waals surface area contributed by atoms with Crippen molar-refractivity contribution in [1.29, 1.82) is 0 Å². The molecular weight excluding hydrogens is 330 g/mol. The molecule has 7 nitrogen and oxygen atoms in total. The van der Waals surface area contributed by atoms with E-state index >= 15 is 0 Å². The van der Waals surface area contributed by atoms with E-state index in [4.69, 9.17) is 16.5 Å². The molecule has 0 aliphatic carbocycles. The van der Waals surface area contributed by atoms with E-state index in [1.54, 1.807) is 23.6 Å². The number of nitrogens with zero attached hydrogens (tertiary/aromatic N) is 3. The van der Waals surface area contributed by atoms with Crippen molar-refractivity contribution in [1.82, 2.24) is 14.1 Å². The number of aryl methyl sites for hydroxylation is 2. The summed E-state index contributed by atoms with van der Waals surface area (Å²) in [6.45, 7) is 3.71. The van der Waals surface area contributed by atoms with E-state index in [0.29, 0.717) is 22.3 Å². The molecule has 3 aromatic heterocycles. The van der Waals surface area contributed by atoms with E-state index in [1.807, 2.05) is 36.9 Å². The van der Waals surface area contributed by atoms with E-state index < -0.39 is 5.91 Å². The molecule has 0 saturated heterocycles. The van der Waals surface area contributed by atoms with E-state index in [9.17, 15) is 9.90 Å². The molecule has 132 valence electrons. The van der Waals surface area contributed by atoms with Gasteiger partial charge in [0.15, 0.2) is 0 Å². The molecule has 0 spiro atoms. The minimum atomic E-state index is -0.614. The first-order valence-electron chi connectivity index (χ1n) is 8.16. The lowest BCUT2D eigenvalue weighted by atomic mass is 10.1. The van der Waals surface area contributed by atoms with Crippen molar-refractivity contribution >= 4 is 33.8 Å². The van der Waals surface area contributed by atoms with Crippen LogP contribution in [0.15, 0.2) is 30.5 Å². The summed E-state index contributed by atoms with van der Waals surface area (Å²) < 4.78 is 3.62. The van der Waals surface area contributed by atoms with Crippen LogP contribution in [0.3, 0.4) is 0 Å². The van der Waals surface area contributed by atoms with Crippen molar-refractivity contribution in [2.24, 2.45) is 12.8 Å². The summed E-state index contributed by atoms with van der Waals surface area (Å²) in [4.78, 5) is 16.8. The number of anilines is 1. The lowest BCUT2D eigenvalue weighted by Gasteiger charge is -2.15. The van der Waals surface area contributed by atoms with Crippen molar-refractivity contribution in [3.63, 3.8) is 0 Å². The fourth-order valence-corrected chi connectivity index (χ4v) is 3.55. The third-order valence-electron chi connectivity index (χ3n) is 4.90. The summed E-state index contributed by atoms with van der Waals surface area (Å²) in [5.41, 5.74) is 16.6. The van der Waals surface area contributed by atoms with Crippen LogP contribution >= 0.6 is 0 Å². The Morgan fingerprint density at radius 1 is 1.23 bits per heavy atom. The molecule has 0 atom stereocenters. The van der Waals surface area contributed by atoms with Crippen LogP contribution in [0.5, 0.6) is 5.75 Å². The van der Waals surface area contributed by atoms with Crippen molar-refractivity contribution in [2.45, 2.75) is 13.8 Å². The van der Waals surface area contributed by atoms with Crippen LogP contribution in [0.4, 0.5) is 5.82 Å². The Bertz CT molecular complexity index is 1220. The van der Waals surface area contributed by atoms with Gasteiger partial charge in [0, 0.05) is 24.2 Å². The summed E-state index contributed by atoms with van der Waals surface area (Å²) in [7, 11) is 1.91. The molecule has 7 heteroatoms. The molecule has 0 radical (unpaired) electrons. The van der Waals surface area contributed by atoms with Crippen molar-refractivity contribution in [3.05, 3.63) is 47.2 Å². The highest BCUT2D eigenvalue weighted by atomic mass is 16.3. The lowest BCUT2D eigenvalue weighted by Crippen LogP contribution is -2.14. The van der Waals surface area contributed by atoms with Crippen LogP contribution in [0.25, 0.3) is 27.8 Å². The van der Waals surface area contributed by atoms with Gasteiger partial charge in [-0.15, -0.1) is 0 Å². The minimum Gasteiger partial charge on any atom is -0.508 e. The number of primary amides is 1. The van der Waals surface area contributed by atoms with Crippen LogP contribution in [-0.2, 0) is 7.05 Å². The maximum atomic E-state index is 12.1. The highest BCUT2D eigenvalue weighted by Crippen LogP contribution is 2.36. The van der Waals surface area contributed by atoms with Gasteiger partial charge in [0.05, 0.1) is 22.3 Å². The molecule has 5 N–H and O–H groups in total. The molecule has 0 aliphatic heterocycles. The predicted molar refractivity (Wildman–Crippen MR) is 102 cm³/mol. The van der Waals surface area contributed by atoms with E-state index in [0.717, 1.165) is 16.6 Å². The quantitative estimate of drug-likeness (QED) is 0.516. The number of carbonyl (C=O) groups is 1. The second-order valence-corrected chi connectivity index (χ2v) is 6.53. The molecule has 0 aliphatic rings. The number of benzene rings is 1. The Balaban J connectivity index is 2.23. The number of carbonyl (C=O) groups excluding carboxylic acids is 1. The zero-order valence-corrected chi connectivity index (χ0v) is 14.7. The predicted octanol–water partition coefficient (Wildman–Crippen LogP) is 2.52. The number of nitrogen functional groups attached to an aromatic ring is 1. The van der Waals surface area contributed by atoms with Gasteiger partial charge in [-0.25, -0.2) is 4.98 Å². The van der Waals surface area contributed by atoms with E-state index in [-0.39, 0.29) is 17.1 Å². The zero-order valence-electron chi connectivity index (χ0n) is 14.7. The van der Waals surface area contributed by atoms with Crippen LogP contribution in [-0.4, -0.2) is 25.1 Å². The molecule has 0 unspecified atom stereocenters. The average molecular weight is 349 g/mol. The molecule has 1 aromatic carbocycles. The number of rotatable bonds is 2. The first-order valence-corrected chi connectivity index (χ1v) is 8.16. The van der Waals surface area contributed by atoms with Gasteiger partial charge in [-0.3, -0.25) is 9.36 Å². The Labute approximate surface area is 149 Å². The number of phenolic OH excluding ortho intramolecular Hbond substituents is 1. The molecule has 4 aromatic rings. The molecular formula is C19H19N5O2. The topological polar surface area (TPSA) is 112 Å².